The van der Waals surface area contributed by atoms with Crippen molar-refractivity contribution in [1.29, 1.82) is 0 Å². The Kier molecular flexibility index (Phi) is 4.46. The van der Waals surface area contributed by atoms with E-state index in [9.17, 15) is 9.59 Å². The number of anilines is 1. The van der Waals surface area contributed by atoms with E-state index in [2.05, 4.69) is 42.2 Å². The van der Waals surface area contributed by atoms with Crippen LogP contribution in [-0.2, 0) is 16.8 Å². The fourth-order valence-corrected chi connectivity index (χ4v) is 5.67. The Morgan fingerprint density at radius 2 is 1.76 bits per heavy atom. The van der Waals surface area contributed by atoms with E-state index >= 15 is 0 Å². The van der Waals surface area contributed by atoms with Crippen LogP contribution >= 0.6 is 0 Å². The fourth-order valence-electron chi connectivity index (χ4n) is 5.67. The Morgan fingerprint density at radius 3 is 2.50 bits per heavy atom. The first kappa shape index (κ1) is 20.7. The van der Waals surface area contributed by atoms with Gasteiger partial charge in [0.1, 0.15) is 0 Å². The zero-order valence-corrected chi connectivity index (χ0v) is 19.6. The number of aromatic amines is 1. The summed E-state index contributed by atoms with van der Waals surface area (Å²) in [5.74, 6) is -0.241. The quantitative estimate of drug-likeness (QED) is 0.398. The highest BCUT2D eigenvalue weighted by molar-refractivity contribution is 6.23. The van der Waals surface area contributed by atoms with E-state index in [0.717, 1.165) is 39.7 Å². The van der Waals surface area contributed by atoms with Crippen LogP contribution in [0.5, 0.6) is 0 Å². The van der Waals surface area contributed by atoms with Crippen LogP contribution in [-0.4, -0.2) is 28.4 Å². The maximum absolute atomic E-state index is 14.0. The molecule has 0 radical (unpaired) electrons. The van der Waals surface area contributed by atoms with E-state index in [0.29, 0.717) is 12.2 Å². The zero-order chi connectivity index (χ0) is 23.6. The average molecular weight is 450 g/mol. The molecule has 0 bridgehead atoms. The fraction of sp³-hybridized carbons (Fsp3) is 0.241. The number of nitrogens with zero attached hydrogens (tertiary/aromatic N) is 2. The van der Waals surface area contributed by atoms with Gasteiger partial charge in [0.15, 0.2) is 5.54 Å². The van der Waals surface area contributed by atoms with Gasteiger partial charge in [-0.2, -0.15) is 0 Å². The summed E-state index contributed by atoms with van der Waals surface area (Å²) in [5, 5.41) is 1.11. The minimum absolute atomic E-state index is 0.0284. The lowest BCUT2D eigenvalue weighted by Crippen LogP contribution is -2.50. The third kappa shape index (κ3) is 2.73. The molecule has 1 fully saturated rings. The number of rotatable bonds is 3. The molecule has 34 heavy (non-hydrogen) atoms. The molecule has 0 saturated carbocycles. The highest BCUT2D eigenvalue weighted by Crippen LogP contribution is 2.50. The first-order chi connectivity index (χ1) is 16.4. The number of carbonyl (C=O) groups is 2. The molecule has 0 unspecified atom stereocenters. The van der Waals surface area contributed by atoms with E-state index in [1.807, 2.05) is 56.3 Å². The van der Waals surface area contributed by atoms with Gasteiger partial charge in [0, 0.05) is 23.4 Å². The summed E-state index contributed by atoms with van der Waals surface area (Å²) in [7, 11) is 0. The van der Waals surface area contributed by atoms with Gasteiger partial charge in [0.25, 0.3) is 5.91 Å². The number of nitrogens with one attached hydrogen (secondary N) is 1. The topological polar surface area (TPSA) is 56.4 Å². The van der Waals surface area contributed by atoms with Crippen molar-refractivity contribution in [3.8, 4) is 0 Å². The number of H-pyrrole nitrogens is 1. The van der Waals surface area contributed by atoms with Crippen LogP contribution in [0, 0.1) is 6.92 Å². The van der Waals surface area contributed by atoms with Gasteiger partial charge in [0.05, 0.1) is 11.4 Å². The van der Waals surface area contributed by atoms with Gasteiger partial charge in [-0.15, -0.1) is 0 Å². The molecular formula is C29H27N3O2. The molecule has 2 atom stereocenters. The van der Waals surface area contributed by atoms with Gasteiger partial charge < -0.3 is 9.88 Å². The van der Waals surface area contributed by atoms with E-state index in [-0.39, 0.29) is 17.9 Å². The molecule has 6 rings (SSSR count). The van der Waals surface area contributed by atoms with Gasteiger partial charge >= 0.3 is 6.03 Å². The van der Waals surface area contributed by atoms with Gasteiger partial charge in [-0.05, 0) is 60.7 Å². The number of amides is 3. The molecule has 4 aromatic rings. The number of aromatic nitrogens is 1. The normalized spacial score (nSPS) is 21.8. The number of carbonyl (C=O) groups excluding carboxylic acids is 2. The lowest BCUT2D eigenvalue weighted by atomic mass is 9.78. The molecule has 0 aliphatic carbocycles. The van der Waals surface area contributed by atoms with E-state index < -0.39 is 5.54 Å². The van der Waals surface area contributed by atoms with Crippen LogP contribution in [0.15, 0.2) is 72.8 Å². The van der Waals surface area contributed by atoms with Crippen LogP contribution in [0.1, 0.15) is 47.7 Å². The summed E-state index contributed by atoms with van der Waals surface area (Å²) in [6, 6.07) is 24.1. The summed E-state index contributed by atoms with van der Waals surface area (Å²) in [6.45, 7) is 6.44. The second-order valence-electron chi connectivity index (χ2n) is 9.55. The minimum Gasteiger partial charge on any atom is -0.356 e. The lowest BCUT2D eigenvalue weighted by Gasteiger charge is -2.40. The first-order valence-electron chi connectivity index (χ1n) is 11.9. The summed E-state index contributed by atoms with van der Waals surface area (Å²) in [5.41, 5.74) is 5.89. The number of aryl methyl sites for hydroxylation is 2. The number of urea groups is 1. The Bertz CT molecular complexity index is 1450. The number of benzene rings is 3. The smallest absolute Gasteiger partial charge is 0.332 e. The van der Waals surface area contributed by atoms with Crippen LogP contribution < -0.4 is 4.90 Å². The van der Waals surface area contributed by atoms with Crippen molar-refractivity contribution >= 4 is 28.5 Å². The van der Waals surface area contributed by atoms with Crippen molar-refractivity contribution in [2.75, 3.05) is 11.4 Å². The van der Waals surface area contributed by atoms with Crippen molar-refractivity contribution in [1.82, 2.24) is 9.88 Å². The molecule has 5 nitrogen and oxygen atoms in total. The molecule has 0 spiro atoms. The van der Waals surface area contributed by atoms with Crippen molar-refractivity contribution in [2.24, 2.45) is 0 Å². The highest BCUT2D eigenvalue weighted by atomic mass is 16.2. The van der Waals surface area contributed by atoms with Crippen molar-refractivity contribution in [3.05, 3.63) is 101 Å². The number of hydrogen-bond acceptors (Lipinski definition) is 2. The maximum Gasteiger partial charge on any atom is 0.332 e. The van der Waals surface area contributed by atoms with Crippen molar-refractivity contribution < 1.29 is 9.59 Å². The summed E-state index contributed by atoms with van der Waals surface area (Å²) in [6.07, 6.45) is 0.978. The SMILES string of the molecule is CCc1ccc([C@H]2CN3C(=O)N(c4cccc(C)c4)C(=O)[C@]3(C)c3[nH]c4ccccc4c32)cc1. The molecule has 1 saturated heterocycles. The lowest BCUT2D eigenvalue weighted by molar-refractivity contribution is -0.125. The summed E-state index contributed by atoms with van der Waals surface area (Å²) in [4.78, 5) is 34.4. The second kappa shape index (κ2) is 7.32. The second-order valence-corrected chi connectivity index (χ2v) is 9.55. The molecule has 1 aromatic heterocycles. The van der Waals surface area contributed by atoms with Crippen molar-refractivity contribution in [3.63, 3.8) is 0 Å². The van der Waals surface area contributed by atoms with E-state index in [1.165, 1.54) is 10.5 Å². The van der Waals surface area contributed by atoms with Crippen LogP contribution in [0.2, 0.25) is 0 Å². The minimum atomic E-state index is -1.09. The predicted octanol–water partition coefficient (Wildman–Crippen LogP) is 5.87. The molecule has 170 valence electrons. The molecule has 1 N–H and O–H groups in total. The Balaban J connectivity index is 1.57. The monoisotopic (exact) mass is 449 g/mol. The number of hydrogen-bond donors (Lipinski definition) is 1. The van der Waals surface area contributed by atoms with Crippen LogP contribution in [0.3, 0.4) is 0 Å². The maximum atomic E-state index is 14.0. The van der Waals surface area contributed by atoms with E-state index in [1.54, 1.807) is 4.90 Å². The van der Waals surface area contributed by atoms with Gasteiger partial charge in [-0.3, -0.25) is 4.79 Å². The van der Waals surface area contributed by atoms with Crippen molar-refractivity contribution in [2.45, 2.75) is 38.6 Å². The molecule has 3 heterocycles. The Labute approximate surface area is 199 Å². The predicted molar refractivity (Wildman–Crippen MR) is 134 cm³/mol. The van der Waals surface area contributed by atoms with Gasteiger partial charge in [0.2, 0.25) is 0 Å². The summed E-state index contributed by atoms with van der Waals surface area (Å²) >= 11 is 0. The number of para-hydroxylation sites is 1. The Hall–Kier alpha value is -3.86. The molecule has 5 heteroatoms. The first-order valence-corrected chi connectivity index (χ1v) is 11.9. The molecule has 3 amide bonds. The highest BCUT2D eigenvalue weighted by Gasteiger charge is 2.60. The standard InChI is InChI=1S/C29H27N3O2/c1-4-19-12-14-20(15-13-19)23-17-31-28(34)32(21-9-7-8-18(2)16-21)27(33)29(31,3)26-25(23)22-10-5-6-11-24(22)30-26/h5-16,23,30H,4,17H2,1-3H3/t23-,29+/m1/s1. The zero-order valence-electron chi connectivity index (χ0n) is 19.6. The number of imide groups is 1. The molecular weight excluding hydrogens is 422 g/mol. The molecule has 3 aromatic carbocycles. The molecule has 2 aliphatic rings. The van der Waals surface area contributed by atoms with Gasteiger partial charge in [-0.25, -0.2) is 9.69 Å². The largest absolute Gasteiger partial charge is 0.356 e. The average Bonchev–Trinajstić information content (AvgIpc) is 3.33. The third-order valence-electron chi connectivity index (χ3n) is 7.58. The Morgan fingerprint density at radius 1 is 1.00 bits per heavy atom. The van der Waals surface area contributed by atoms with Crippen LogP contribution in [0.4, 0.5) is 10.5 Å². The number of fused-ring (bicyclic) bond motifs is 5. The van der Waals surface area contributed by atoms with Gasteiger partial charge in [-0.1, -0.05) is 61.5 Å². The molecule has 2 aliphatic heterocycles. The third-order valence-corrected chi connectivity index (χ3v) is 7.58. The summed E-state index contributed by atoms with van der Waals surface area (Å²) < 4.78 is 0. The van der Waals surface area contributed by atoms with Crippen LogP contribution in [0.25, 0.3) is 10.9 Å². The van der Waals surface area contributed by atoms with E-state index in [4.69, 9.17) is 0 Å².